The second-order valence-electron chi connectivity index (χ2n) is 5.81. The average Bonchev–Trinajstić information content (AvgIpc) is 2.97. The molecule has 2 fully saturated rings. The lowest BCUT2D eigenvalue weighted by Crippen LogP contribution is -2.47. The predicted octanol–water partition coefficient (Wildman–Crippen LogP) is 2.79. The molecule has 0 aromatic heterocycles. The van der Waals surface area contributed by atoms with E-state index in [1.54, 1.807) is 6.08 Å². The molecule has 1 unspecified atom stereocenters. The molecule has 108 valence electrons. The maximum Gasteiger partial charge on any atom is 0.168 e. The van der Waals surface area contributed by atoms with Gasteiger partial charge in [-0.15, -0.1) is 6.58 Å². The lowest BCUT2D eigenvalue weighted by Gasteiger charge is -2.46. The van der Waals surface area contributed by atoms with Crippen molar-refractivity contribution in [2.45, 2.75) is 43.0 Å². The molecule has 2 aliphatic rings. The van der Waals surface area contributed by atoms with Crippen LogP contribution in [0.5, 0.6) is 0 Å². The summed E-state index contributed by atoms with van der Waals surface area (Å²) in [6, 6.07) is 10.3. The Morgan fingerprint density at radius 2 is 1.65 bits per heavy atom. The van der Waals surface area contributed by atoms with Crippen molar-refractivity contribution < 1.29 is 14.6 Å². The van der Waals surface area contributed by atoms with E-state index in [0.29, 0.717) is 13.2 Å². The molecule has 1 atom stereocenters. The highest BCUT2D eigenvalue weighted by atomic mass is 16.7. The van der Waals surface area contributed by atoms with Gasteiger partial charge in [-0.05, 0) is 18.4 Å². The van der Waals surface area contributed by atoms with Crippen LogP contribution in [0.4, 0.5) is 0 Å². The molecule has 3 rings (SSSR count). The van der Waals surface area contributed by atoms with Gasteiger partial charge in [-0.25, -0.2) is 0 Å². The summed E-state index contributed by atoms with van der Waals surface area (Å²) in [5, 5.41) is 10.5. The van der Waals surface area contributed by atoms with Crippen molar-refractivity contribution >= 4 is 0 Å². The van der Waals surface area contributed by atoms with Gasteiger partial charge < -0.3 is 14.6 Å². The van der Waals surface area contributed by atoms with E-state index < -0.39 is 11.9 Å². The Hall–Kier alpha value is -1.16. The SMILES string of the molecule is C=CC(O)C1(c2ccccc2)CCC2(CC1)OCCO2. The van der Waals surface area contributed by atoms with Gasteiger partial charge in [0.05, 0.1) is 19.3 Å². The van der Waals surface area contributed by atoms with Gasteiger partial charge in [-0.3, -0.25) is 0 Å². The zero-order valence-corrected chi connectivity index (χ0v) is 11.8. The van der Waals surface area contributed by atoms with Gasteiger partial charge in [0, 0.05) is 18.3 Å². The van der Waals surface area contributed by atoms with E-state index in [0.717, 1.165) is 25.7 Å². The molecule has 0 bridgehead atoms. The van der Waals surface area contributed by atoms with Crippen LogP contribution < -0.4 is 0 Å². The number of hydrogen-bond donors (Lipinski definition) is 1. The largest absolute Gasteiger partial charge is 0.388 e. The summed E-state index contributed by atoms with van der Waals surface area (Å²) in [6.07, 6.45) is 4.47. The molecule has 1 aliphatic carbocycles. The molecule has 1 aromatic rings. The van der Waals surface area contributed by atoms with Crippen molar-refractivity contribution in [3.05, 3.63) is 48.6 Å². The first-order valence-corrected chi connectivity index (χ1v) is 7.35. The van der Waals surface area contributed by atoms with E-state index in [-0.39, 0.29) is 5.41 Å². The van der Waals surface area contributed by atoms with Crippen molar-refractivity contribution in [2.24, 2.45) is 0 Å². The summed E-state index contributed by atoms with van der Waals surface area (Å²) in [7, 11) is 0. The van der Waals surface area contributed by atoms with Gasteiger partial charge in [-0.1, -0.05) is 36.4 Å². The highest BCUT2D eigenvalue weighted by Gasteiger charge is 2.49. The van der Waals surface area contributed by atoms with E-state index >= 15 is 0 Å². The molecule has 1 spiro atoms. The predicted molar refractivity (Wildman–Crippen MR) is 77.4 cm³/mol. The molecule has 3 heteroatoms. The van der Waals surface area contributed by atoms with Crippen LogP contribution >= 0.6 is 0 Å². The maximum absolute atomic E-state index is 10.5. The Labute approximate surface area is 120 Å². The molecule has 1 aliphatic heterocycles. The van der Waals surface area contributed by atoms with E-state index in [4.69, 9.17) is 9.47 Å². The third kappa shape index (κ3) is 2.20. The van der Waals surface area contributed by atoms with Crippen LogP contribution in [-0.4, -0.2) is 30.2 Å². The number of hydrogen-bond acceptors (Lipinski definition) is 3. The van der Waals surface area contributed by atoms with Gasteiger partial charge in [0.15, 0.2) is 5.79 Å². The van der Waals surface area contributed by atoms with Crippen LogP contribution in [0.3, 0.4) is 0 Å². The second kappa shape index (κ2) is 5.32. The Kier molecular flexibility index (Phi) is 3.67. The molecule has 3 nitrogen and oxygen atoms in total. The molecule has 1 saturated carbocycles. The first kappa shape index (κ1) is 13.8. The van der Waals surface area contributed by atoms with Gasteiger partial charge >= 0.3 is 0 Å². The molecule has 1 heterocycles. The molecular formula is C17H22O3. The Balaban J connectivity index is 1.88. The number of ether oxygens (including phenoxy) is 2. The third-order valence-electron chi connectivity index (χ3n) is 4.86. The third-order valence-corrected chi connectivity index (χ3v) is 4.86. The zero-order valence-electron chi connectivity index (χ0n) is 11.8. The number of rotatable bonds is 3. The standard InChI is InChI=1S/C17H22O3/c1-2-15(18)16(14-6-4-3-5-7-14)8-10-17(11-9-16)19-12-13-20-17/h2-7,15,18H,1,8-13H2. The highest BCUT2D eigenvalue weighted by Crippen LogP contribution is 2.48. The van der Waals surface area contributed by atoms with Gasteiger partial charge in [0.1, 0.15) is 0 Å². The minimum Gasteiger partial charge on any atom is -0.388 e. The smallest absolute Gasteiger partial charge is 0.168 e. The van der Waals surface area contributed by atoms with E-state index in [1.807, 2.05) is 18.2 Å². The minimum absolute atomic E-state index is 0.260. The summed E-state index contributed by atoms with van der Waals surface area (Å²) in [5.74, 6) is -0.404. The van der Waals surface area contributed by atoms with Crippen LogP contribution in [0.15, 0.2) is 43.0 Å². The van der Waals surface area contributed by atoms with E-state index in [1.165, 1.54) is 5.56 Å². The lowest BCUT2D eigenvalue weighted by molar-refractivity contribution is -0.189. The molecule has 0 amide bonds. The number of benzene rings is 1. The van der Waals surface area contributed by atoms with Crippen LogP contribution in [-0.2, 0) is 14.9 Å². The van der Waals surface area contributed by atoms with Crippen molar-refractivity contribution in [1.29, 1.82) is 0 Å². The Morgan fingerprint density at radius 3 is 2.20 bits per heavy atom. The van der Waals surface area contributed by atoms with Gasteiger partial charge in [0.2, 0.25) is 0 Å². The molecule has 1 aromatic carbocycles. The fourth-order valence-corrected chi connectivity index (χ4v) is 3.61. The van der Waals surface area contributed by atoms with Gasteiger partial charge in [0.25, 0.3) is 0 Å². The topological polar surface area (TPSA) is 38.7 Å². The van der Waals surface area contributed by atoms with Crippen molar-refractivity contribution in [1.82, 2.24) is 0 Å². The normalized spacial score (nSPS) is 25.4. The summed E-state index contributed by atoms with van der Waals surface area (Å²) in [4.78, 5) is 0. The summed E-state index contributed by atoms with van der Waals surface area (Å²) in [5.41, 5.74) is 0.920. The molecule has 0 radical (unpaired) electrons. The van der Waals surface area contributed by atoms with E-state index in [9.17, 15) is 5.11 Å². The summed E-state index contributed by atoms with van der Waals surface area (Å²) in [6.45, 7) is 5.15. The Bertz CT molecular complexity index is 452. The fourth-order valence-electron chi connectivity index (χ4n) is 3.61. The van der Waals surface area contributed by atoms with Crippen LogP contribution in [0, 0.1) is 0 Å². The monoisotopic (exact) mass is 274 g/mol. The van der Waals surface area contributed by atoms with Crippen LogP contribution in [0.1, 0.15) is 31.2 Å². The zero-order chi connectivity index (χ0) is 14.1. The molecule has 20 heavy (non-hydrogen) atoms. The van der Waals surface area contributed by atoms with Gasteiger partial charge in [-0.2, -0.15) is 0 Å². The highest BCUT2D eigenvalue weighted by molar-refractivity contribution is 5.30. The fraction of sp³-hybridized carbons (Fsp3) is 0.529. The van der Waals surface area contributed by atoms with Crippen molar-refractivity contribution in [2.75, 3.05) is 13.2 Å². The average molecular weight is 274 g/mol. The first-order chi connectivity index (χ1) is 9.71. The lowest BCUT2D eigenvalue weighted by atomic mass is 9.64. The van der Waals surface area contributed by atoms with Crippen LogP contribution in [0.25, 0.3) is 0 Å². The van der Waals surface area contributed by atoms with E-state index in [2.05, 4.69) is 18.7 Å². The van der Waals surface area contributed by atoms with Crippen molar-refractivity contribution in [3.63, 3.8) is 0 Å². The van der Waals surface area contributed by atoms with Crippen LogP contribution in [0.2, 0.25) is 0 Å². The number of aliphatic hydroxyl groups is 1. The summed E-state index contributed by atoms with van der Waals surface area (Å²) >= 11 is 0. The second-order valence-corrected chi connectivity index (χ2v) is 5.81. The van der Waals surface area contributed by atoms with Crippen molar-refractivity contribution in [3.8, 4) is 0 Å². The maximum atomic E-state index is 10.5. The molecule has 1 saturated heterocycles. The minimum atomic E-state index is -0.538. The number of aliphatic hydroxyl groups excluding tert-OH is 1. The quantitative estimate of drug-likeness (QED) is 0.861. The summed E-state index contributed by atoms with van der Waals surface area (Å²) < 4.78 is 11.6. The molecule has 1 N–H and O–H groups in total. The Morgan fingerprint density at radius 1 is 1.05 bits per heavy atom. The first-order valence-electron chi connectivity index (χ1n) is 7.35. The molecular weight excluding hydrogens is 252 g/mol.